The highest BCUT2D eigenvalue weighted by molar-refractivity contribution is 7.93. The molecule has 9 nitrogen and oxygen atoms in total. The van der Waals surface area contributed by atoms with E-state index in [4.69, 9.17) is 14.3 Å². The summed E-state index contributed by atoms with van der Waals surface area (Å²) in [4.78, 5) is 20.9. The fraction of sp³-hybridized carbons (Fsp3) is 0.500. The number of carbonyl (C=O) groups excluding carboxylic acids is 1. The molecule has 2 heterocycles. The number of unbranched alkanes of at least 4 members (excludes halogenated alkanes) is 1. The fourth-order valence-electron chi connectivity index (χ4n) is 6.40. The molecule has 1 aliphatic carbocycles. The first-order chi connectivity index (χ1) is 21.2. The van der Waals surface area contributed by atoms with Crippen LogP contribution in [0.25, 0.3) is 11.1 Å². The Morgan fingerprint density at radius 1 is 1.02 bits per heavy atom. The number of amides is 1. The van der Waals surface area contributed by atoms with Crippen LogP contribution >= 0.6 is 0 Å². The number of aryl methyl sites for hydroxylation is 2. The molecule has 1 fully saturated rings. The molecule has 0 bridgehead atoms. The lowest BCUT2D eigenvalue weighted by Gasteiger charge is -2.24. The number of carbonyl (C=O) groups is 1. The summed E-state index contributed by atoms with van der Waals surface area (Å²) in [5.74, 6) is 1.80. The number of aliphatic imine (C=N–C) groups is 1. The summed E-state index contributed by atoms with van der Waals surface area (Å²) in [6, 6.07) is 13.2. The number of nitrogens with zero attached hydrogens (tertiary/aromatic N) is 4. The molecule has 236 valence electrons. The van der Waals surface area contributed by atoms with Gasteiger partial charge >= 0.3 is 0 Å². The van der Waals surface area contributed by atoms with Gasteiger partial charge in [0.25, 0.3) is 15.9 Å². The van der Waals surface area contributed by atoms with E-state index in [-0.39, 0.29) is 23.4 Å². The Kier molecular flexibility index (Phi) is 9.60. The summed E-state index contributed by atoms with van der Waals surface area (Å²) in [7, 11) is -2.63. The Balaban J connectivity index is 1.52. The van der Waals surface area contributed by atoms with E-state index in [9.17, 15) is 13.2 Å². The van der Waals surface area contributed by atoms with E-state index in [2.05, 4.69) is 25.1 Å². The number of benzene rings is 2. The highest BCUT2D eigenvalue weighted by Crippen LogP contribution is 2.41. The normalized spacial score (nSPS) is 16.2. The van der Waals surface area contributed by atoms with Gasteiger partial charge in [0.05, 0.1) is 11.4 Å². The van der Waals surface area contributed by atoms with Crippen LogP contribution in [0.2, 0.25) is 0 Å². The van der Waals surface area contributed by atoms with E-state index in [0.29, 0.717) is 23.4 Å². The molecule has 1 amide bonds. The van der Waals surface area contributed by atoms with Gasteiger partial charge in [-0.2, -0.15) is 0 Å². The van der Waals surface area contributed by atoms with Gasteiger partial charge in [0, 0.05) is 24.7 Å². The molecule has 1 aliphatic heterocycles. The van der Waals surface area contributed by atoms with Gasteiger partial charge in [-0.25, -0.2) is 12.7 Å². The number of hydrogen-bond acceptors (Lipinski definition) is 7. The van der Waals surface area contributed by atoms with Crippen LogP contribution < -0.4 is 4.31 Å². The minimum atomic E-state index is -4.08. The van der Waals surface area contributed by atoms with Gasteiger partial charge in [-0.05, 0) is 62.3 Å². The fourth-order valence-corrected chi connectivity index (χ4v) is 7.98. The topological polar surface area (TPSA) is 105 Å². The monoisotopic (exact) mass is 620 g/mol. The van der Waals surface area contributed by atoms with Crippen LogP contribution in [0, 0.1) is 13.8 Å². The maximum Gasteiger partial charge on any atom is 0.268 e. The summed E-state index contributed by atoms with van der Waals surface area (Å²) >= 11 is 0. The predicted molar refractivity (Wildman–Crippen MR) is 172 cm³/mol. The number of methoxy groups -OCH3 is 1. The van der Waals surface area contributed by atoms with E-state index in [1.165, 1.54) is 7.11 Å². The summed E-state index contributed by atoms with van der Waals surface area (Å²) in [6.45, 7) is 8.05. The lowest BCUT2D eigenvalue weighted by Crippen LogP contribution is -2.40. The Morgan fingerprint density at radius 2 is 1.77 bits per heavy atom. The quantitative estimate of drug-likeness (QED) is 0.192. The zero-order valence-corrected chi connectivity index (χ0v) is 27.4. The molecular weight excluding hydrogens is 576 g/mol. The zero-order chi connectivity index (χ0) is 31.5. The number of hydrogen-bond donors (Lipinski definition) is 0. The van der Waals surface area contributed by atoms with Crippen molar-refractivity contribution in [1.29, 1.82) is 0 Å². The molecule has 10 heteroatoms. The second kappa shape index (κ2) is 13.2. The van der Waals surface area contributed by atoms with Gasteiger partial charge in [-0.15, -0.1) is 0 Å². The minimum absolute atomic E-state index is 0.135. The van der Waals surface area contributed by atoms with E-state index in [1.54, 1.807) is 26.0 Å². The summed E-state index contributed by atoms with van der Waals surface area (Å²) < 4.78 is 40.2. The van der Waals surface area contributed by atoms with Gasteiger partial charge < -0.3 is 9.26 Å². The summed E-state index contributed by atoms with van der Waals surface area (Å²) in [5.41, 5.74) is 3.57. The van der Waals surface area contributed by atoms with Crippen molar-refractivity contribution in [1.82, 2.24) is 10.1 Å². The molecule has 1 aromatic heterocycles. The molecule has 0 N–H and O–H groups in total. The first kappa shape index (κ1) is 31.9. The van der Waals surface area contributed by atoms with Crippen LogP contribution in [-0.2, 0) is 32.5 Å². The number of sulfonamides is 1. The molecule has 0 unspecified atom stereocenters. The smallest absolute Gasteiger partial charge is 0.268 e. The standard InChI is InChI=1S/C34H44N4O5S/c1-6-8-16-31-35-34(19-11-12-20-34)33(39)37(31)22-26-17-18-28(27(21-26)13-7-2)29-14-9-10-15-30(29)44(40,41)38(23-42-5)32-24(3)25(4)43-36-32/h9-10,14-15,17-18,21H,6-8,11-13,16,19-20,22-23H2,1-5H3. The van der Waals surface area contributed by atoms with Crippen molar-refractivity contribution in [2.24, 2.45) is 4.99 Å². The number of anilines is 1. The van der Waals surface area contributed by atoms with Crippen molar-refractivity contribution in [3.05, 3.63) is 64.9 Å². The minimum Gasteiger partial charge on any atom is -0.363 e. The molecule has 5 rings (SSSR count). The summed E-state index contributed by atoms with van der Waals surface area (Å²) in [5, 5.41) is 4.04. The Bertz CT molecular complexity index is 1640. The van der Waals surface area contributed by atoms with Crippen LogP contribution in [-0.4, -0.2) is 49.6 Å². The van der Waals surface area contributed by atoms with E-state index < -0.39 is 15.6 Å². The Labute approximate surface area is 261 Å². The predicted octanol–water partition coefficient (Wildman–Crippen LogP) is 6.95. The molecule has 2 aliphatic rings. The molecular formula is C34H44N4O5S. The van der Waals surface area contributed by atoms with Crippen LogP contribution in [0.5, 0.6) is 0 Å². The first-order valence-electron chi connectivity index (χ1n) is 15.7. The largest absolute Gasteiger partial charge is 0.363 e. The van der Waals surface area contributed by atoms with Gasteiger partial charge in [0.1, 0.15) is 23.9 Å². The maximum absolute atomic E-state index is 14.2. The van der Waals surface area contributed by atoms with Gasteiger partial charge in [0.2, 0.25) is 0 Å². The van der Waals surface area contributed by atoms with Crippen molar-refractivity contribution >= 4 is 27.6 Å². The lowest BCUT2D eigenvalue weighted by atomic mass is 9.94. The molecule has 1 spiro atoms. The van der Waals surface area contributed by atoms with E-state index in [1.807, 2.05) is 29.2 Å². The van der Waals surface area contributed by atoms with Crippen LogP contribution in [0.3, 0.4) is 0 Å². The second-order valence-electron chi connectivity index (χ2n) is 12.0. The Hall–Kier alpha value is -3.50. The average Bonchev–Trinajstić information content (AvgIpc) is 3.70. The third-order valence-corrected chi connectivity index (χ3v) is 10.6. The zero-order valence-electron chi connectivity index (χ0n) is 26.6. The molecule has 44 heavy (non-hydrogen) atoms. The van der Waals surface area contributed by atoms with E-state index >= 15 is 0 Å². The molecule has 0 radical (unpaired) electrons. The number of rotatable bonds is 13. The second-order valence-corrected chi connectivity index (χ2v) is 13.8. The molecule has 1 saturated carbocycles. The molecule has 2 aromatic carbocycles. The maximum atomic E-state index is 14.2. The molecule has 0 saturated heterocycles. The number of aromatic nitrogens is 1. The van der Waals surface area contributed by atoms with Crippen molar-refractivity contribution < 1.29 is 22.5 Å². The van der Waals surface area contributed by atoms with Crippen LogP contribution in [0.4, 0.5) is 5.82 Å². The van der Waals surface area contributed by atoms with Crippen molar-refractivity contribution in [3.63, 3.8) is 0 Å². The van der Waals surface area contributed by atoms with Gasteiger partial charge in [0.15, 0.2) is 5.82 Å². The Morgan fingerprint density at radius 3 is 2.43 bits per heavy atom. The summed E-state index contributed by atoms with van der Waals surface area (Å²) in [6.07, 6.45) is 8.23. The van der Waals surface area contributed by atoms with Crippen LogP contribution in [0.1, 0.15) is 87.7 Å². The van der Waals surface area contributed by atoms with Crippen molar-refractivity contribution in [3.8, 4) is 11.1 Å². The third-order valence-electron chi connectivity index (χ3n) is 8.87. The van der Waals surface area contributed by atoms with Gasteiger partial charge in [-0.1, -0.05) is 81.1 Å². The molecule has 3 aromatic rings. The highest BCUT2D eigenvalue weighted by Gasteiger charge is 2.49. The lowest BCUT2D eigenvalue weighted by molar-refractivity contribution is -0.131. The SMILES string of the molecule is CCCCC1=NC2(CCCC2)C(=O)N1Cc1ccc(-c2ccccc2S(=O)(=O)N(COC)c2noc(C)c2C)c(CCC)c1. The third kappa shape index (κ3) is 5.94. The van der Waals surface area contributed by atoms with E-state index in [0.717, 1.165) is 84.6 Å². The average molecular weight is 621 g/mol. The number of amidine groups is 1. The van der Waals surface area contributed by atoms with Crippen LogP contribution in [0.15, 0.2) is 56.9 Å². The number of ether oxygens (including phenoxy) is 1. The van der Waals surface area contributed by atoms with Crippen molar-refractivity contribution in [2.75, 3.05) is 18.1 Å². The molecule has 0 atom stereocenters. The highest BCUT2D eigenvalue weighted by atomic mass is 32.2. The van der Waals surface area contributed by atoms with Crippen molar-refractivity contribution in [2.45, 2.75) is 102 Å². The van der Waals surface area contributed by atoms with Gasteiger partial charge in [-0.3, -0.25) is 14.7 Å². The first-order valence-corrected chi connectivity index (χ1v) is 17.2.